The zero-order valence-electron chi connectivity index (χ0n) is 13.5. The Morgan fingerprint density at radius 3 is 2.22 bits per heavy atom. The third-order valence-electron chi connectivity index (χ3n) is 3.16. The lowest BCUT2D eigenvalue weighted by Gasteiger charge is -2.14. The molecular weight excluding hydrogens is 333 g/mol. The van der Waals surface area contributed by atoms with Crippen LogP contribution in [-0.2, 0) is 13.1 Å². The number of benzene rings is 2. The first-order valence-electron chi connectivity index (χ1n) is 7.57. The molecule has 5 heteroatoms. The van der Waals surface area contributed by atoms with E-state index in [4.69, 9.17) is 21.1 Å². The molecule has 2 rings (SSSR count). The average Bonchev–Trinajstić information content (AvgIpc) is 2.52. The topological polar surface area (TPSA) is 30.5 Å². The van der Waals surface area contributed by atoms with Crippen LogP contribution >= 0.6 is 24.0 Å². The molecule has 0 saturated carbocycles. The third kappa shape index (κ3) is 5.94. The maximum absolute atomic E-state index is 6.31. The molecule has 0 aliphatic heterocycles. The lowest BCUT2D eigenvalue weighted by molar-refractivity contribution is 0.287. The van der Waals surface area contributed by atoms with Gasteiger partial charge in [-0.3, -0.25) is 0 Å². The van der Waals surface area contributed by atoms with E-state index < -0.39 is 0 Å². The zero-order valence-corrected chi connectivity index (χ0v) is 15.0. The maximum atomic E-state index is 6.31. The number of nitrogens with one attached hydrogen (secondary N) is 1. The van der Waals surface area contributed by atoms with Crippen LogP contribution < -0.4 is 14.8 Å². The highest BCUT2D eigenvalue weighted by molar-refractivity contribution is 6.32. The van der Waals surface area contributed by atoms with E-state index in [-0.39, 0.29) is 12.4 Å². The molecule has 0 aliphatic rings. The van der Waals surface area contributed by atoms with Crippen LogP contribution in [0.3, 0.4) is 0 Å². The maximum Gasteiger partial charge on any atom is 0.179 e. The number of hydrogen-bond acceptors (Lipinski definition) is 3. The van der Waals surface area contributed by atoms with Gasteiger partial charge in [0.1, 0.15) is 0 Å². The van der Waals surface area contributed by atoms with Gasteiger partial charge in [-0.1, -0.05) is 41.9 Å². The van der Waals surface area contributed by atoms with Crippen molar-refractivity contribution in [2.75, 3.05) is 13.2 Å². The quantitative estimate of drug-likeness (QED) is 0.734. The van der Waals surface area contributed by atoms with Crippen LogP contribution in [0.2, 0.25) is 5.02 Å². The molecule has 0 spiro atoms. The molecule has 0 aliphatic carbocycles. The van der Waals surface area contributed by atoms with Gasteiger partial charge in [-0.25, -0.2) is 0 Å². The summed E-state index contributed by atoms with van der Waals surface area (Å²) in [5.74, 6) is 1.33. The highest BCUT2D eigenvalue weighted by Crippen LogP contribution is 2.36. The van der Waals surface area contributed by atoms with Crippen molar-refractivity contribution in [3.8, 4) is 11.5 Å². The summed E-state index contributed by atoms with van der Waals surface area (Å²) in [5, 5.41) is 4.00. The summed E-state index contributed by atoms with van der Waals surface area (Å²) in [6, 6.07) is 14.2. The van der Waals surface area contributed by atoms with Gasteiger partial charge in [0.25, 0.3) is 0 Å². The SMILES string of the molecule is CCOc1cc(CNCc2ccccc2)cc(Cl)c1OCC.Cl. The Bertz CT molecular complexity index is 591. The molecule has 0 unspecified atom stereocenters. The first-order valence-corrected chi connectivity index (χ1v) is 7.95. The summed E-state index contributed by atoms with van der Waals surface area (Å²) in [4.78, 5) is 0. The van der Waals surface area contributed by atoms with Gasteiger partial charge in [0.2, 0.25) is 0 Å². The van der Waals surface area contributed by atoms with E-state index in [1.54, 1.807) is 0 Å². The second-order valence-corrected chi connectivity index (χ2v) is 5.27. The van der Waals surface area contributed by atoms with Crippen molar-refractivity contribution in [3.63, 3.8) is 0 Å². The van der Waals surface area contributed by atoms with Crippen LogP contribution in [0.15, 0.2) is 42.5 Å². The summed E-state index contributed by atoms with van der Waals surface area (Å²) in [6.07, 6.45) is 0. The molecule has 0 heterocycles. The van der Waals surface area contributed by atoms with Crippen LogP contribution in [0, 0.1) is 0 Å². The molecule has 0 atom stereocenters. The Morgan fingerprint density at radius 1 is 0.913 bits per heavy atom. The number of hydrogen-bond donors (Lipinski definition) is 1. The van der Waals surface area contributed by atoms with Crippen LogP contribution in [-0.4, -0.2) is 13.2 Å². The van der Waals surface area contributed by atoms with E-state index >= 15 is 0 Å². The van der Waals surface area contributed by atoms with E-state index in [9.17, 15) is 0 Å². The van der Waals surface area contributed by atoms with Crippen LogP contribution in [0.4, 0.5) is 0 Å². The summed E-state index contributed by atoms with van der Waals surface area (Å²) in [7, 11) is 0. The minimum absolute atomic E-state index is 0. The molecule has 0 fully saturated rings. The standard InChI is InChI=1S/C18H22ClNO2.ClH/c1-3-21-17-11-15(10-16(19)18(17)22-4-2)13-20-12-14-8-6-5-7-9-14;/h5-11,20H,3-4,12-13H2,1-2H3;1H. The summed E-state index contributed by atoms with van der Waals surface area (Å²) < 4.78 is 11.2. The van der Waals surface area contributed by atoms with Crippen LogP contribution in [0.1, 0.15) is 25.0 Å². The molecule has 1 N–H and O–H groups in total. The molecule has 3 nitrogen and oxygen atoms in total. The van der Waals surface area contributed by atoms with Gasteiger partial charge in [0, 0.05) is 13.1 Å². The Kier molecular flexibility index (Phi) is 8.85. The van der Waals surface area contributed by atoms with Gasteiger partial charge in [-0.15, -0.1) is 12.4 Å². The fourth-order valence-electron chi connectivity index (χ4n) is 2.22. The minimum Gasteiger partial charge on any atom is -0.490 e. The van der Waals surface area contributed by atoms with Gasteiger partial charge < -0.3 is 14.8 Å². The van der Waals surface area contributed by atoms with Gasteiger partial charge in [0.05, 0.1) is 18.2 Å². The highest BCUT2D eigenvalue weighted by atomic mass is 35.5. The van der Waals surface area contributed by atoms with Crippen molar-refractivity contribution in [1.29, 1.82) is 0 Å². The van der Waals surface area contributed by atoms with Crippen molar-refractivity contribution >= 4 is 24.0 Å². The highest BCUT2D eigenvalue weighted by Gasteiger charge is 2.12. The van der Waals surface area contributed by atoms with E-state index in [1.807, 2.05) is 44.2 Å². The lowest BCUT2D eigenvalue weighted by atomic mass is 10.2. The Labute approximate surface area is 149 Å². The summed E-state index contributed by atoms with van der Waals surface area (Å²) in [5.41, 5.74) is 2.33. The molecule has 0 radical (unpaired) electrons. The van der Waals surface area contributed by atoms with Crippen molar-refractivity contribution in [3.05, 3.63) is 58.6 Å². The Hall–Kier alpha value is -1.42. The normalized spacial score (nSPS) is 10.0. The molecule has 2 aromatic carbocycles. The van der Waals surface area contributed by atoms with E-state index in [0.717, 1.165) is 18.7 Å². The zero-order chi connectivity index (χ0) is 15.8. The van der Waals surface area contributed by atoms with E-state index in [0.29, 0.717) is 29.7 Å². The van der Waals surface area contributed by atoms with Crippen molar-refractivity contribution in [2.24, 2.45) is 0 Å². The predicted octanol–water partition coefficient (Wildman–Crippen LogP) is 4.85. The average molecular weight is 356 g/mol. The molecule has 0 amide bonds. The smallest absolute Gasteiger partial charge is 0.179 e. The molecule has 23 heavy (non-hydrogen) atoms. The van der Waals surface area contributed by atoms with Gasteiger partial charge in [0.15, 0.2) is 11.5 Å². The molecule has 0 aromatic heterocycles. The van der Waals surface area contributed by atoms with Crippen LogP contribution in [0.5, 0.6) is 11.5 Å². The first kappa shape index (κ1) is 19.6. The van der Waals surface area contributed by atoms with E-state index in [1.165, 1.54) is 5.56 Å². The molecule has 0 bridgehead atoms. The minimum atomic E-state index is 0. The summed E-state index contributed by atoms with van der Waals surface area (Å²) in [6.45, 7) is 6.56. The monoisotopic (exact) mass is 355 g/mol. The van der Waals surface area contributed by atoms with E-state index in [2.05, 4.69) is 17.4 Å². The molecule has 2 aromatic rings. The van der Waals surface area contributed by atoms with Gasteiger partial charge in [-0.2, -0.15) is 0 Å². The summed E-state index contributed by atoms with van der Waals surface area (Å²) >= 11 is 6.31. The third-order valence-corrected chi connectivity index (χ3v) is 3.44. The fourth-order valence-corrected chi connectivity index (χ4v) is 2.51. The van der Waals surface area contributed by atoms with Crippen molar-refractivity contribution < 1.29 is 9.47 Å². The second kappa shape index (κ2) is 10.4. The Balaban J connectivity index is 0.00000264. The molecular formula is C18H23Cl2NO2. The largest absolute Gasteiger partial charge is 0.490 e. The van der Waals surface area contributed by atoms with Crippen LogP contribution in [0.25, 0.3) is 0 Å². The molecule has 126 valence electrons. The number of halogens is 2. The second-order valence-electron chi connectivity index (χ2n) is 4.86. The van der Waals surface area contributed by atoms with Crippen molar-refractivity contribution in [1.82, 2.24) is 5.32 Å². The van der Waals surface area contributed by atoms with Gasteiger partial charge in [-0.05, 0) is 37.1 Å². The fraction of sp³-hybridized carbons (Fsp3) is 0.333. The first-order chi connectivity index (χ1) is 10.7. The predicted molar refractivity (Wildman–Crippen MR) is 98.0 cm³/mol. The van der Waals surface area contributed by atoms with Crippen molar-refractivity contribution in [2.45, 2.75) is 26.9 Å². The Morgan fingerprint density at radius 2 is 1.57 bits per heavy atom. The van der Waals surface area contributed by atoms with Gasteiger partial charge >= 0.3 is 0 Å². The number of rotatable bonds is 8. The number of ether oxygens (including phenoxy) is 2. The molecule has 0 saturated heterocycles. The lowest BCUT2D eigenvalue weighted by Crippen LogP contribution is -2.13.